The highest BCUT2D eigenvalue weighted by molar-refractivity contribution is 6.22. The molecule has 0 saturated heterocycles. The predicted octanol–water partition coefficient (Wildman–Crippen LogP) is 15.6. The molecule has 2 nitrogen and oxygen atoms in total. The van der Waals surface area contributed by atoms with Crippen LogP contribution in [0.1, 0.15) is 44.5 Å². The number of benzene rings is 8. The topological polar surface area (TPSA) is 8.17 Å². The van der Waals surface area contributed by atoms with Gasteiger partial charge in [-0.1, -0.05) is 153 Å². The minimum Gasteiger partial charge on any atom is -0.341 e. The first kappa shape index (κ1) is 34.8. The molecule has 0 aliphatic heterocycles. The first-order chi connectivity index (χ1) is 28.1. The van der Waals surface area contributed by atoms with Crippen LogP contribution in [0.4, 0.5) is 17.1 Å². The summed E-state index contributed by atoms with van der Waals surface area (Å²) in [7, 11) is 0. The fourth-order valence-electron chi connectivity index (χ4n) is 9.25. The third-order valence-electron chi connectivity index (χ3n) is 12.2. The second-order valence-electron chi connectivity index (χ2n) is 15.7. The fraction of sp³-hybridized carbons (Fsp3) is 0.127. The van der Waals surface area contributed by atoms with Crippen LogP contribution in [0, 0.1) is 5.92 Å². The number of anilines is 3. The highest BCUT2D eigenvalue weighted by atomic mass is 15.1. The van der Waals surface area contributed by atoms with E-state index in [0.717, 1.165) is 29.9 Å². The maximum absolute atomic E-state index is 2.61. The van der Waals surface area contributed by atoms with E-state index in [4.69, 9.17) is 0 Å². The van der Waals surface area contributed by atoms with Crippen LogP contribution in [-0.2, 0) is 6.42 Å². The van der Waals surface area contributed by atoms with Gasteiger partial charge < -0.3 is 9.47 Å². The first-order valence-electron chi connectivity index (χ1n) is 20.5. The Bertz CT molecular complexity index is 2920. The van der Waals surface area contributed by atoms with Crippen LogP contribution in [0.2, 0.25) is 0 Å². The van der Waals surface area contributed by atoms with Crippen LogP contribution in [0.25, 0.3) is 71.9 Å². The van der Waals surface area contributed by atoms with Crippen molar-refractivity contribution in [1.82, 2.24) is 4.57 Å². The first-order valence-corrected chi connectivity index (χ1v) is 20.5. The molecule has 0 amide bonds. The van der Waals surface area contributed by atoms with E-state index in [-0.39, 0.29) is 0 Å². The summed E-state index contributed by atoms with van der Waals surface area (Å²) in [5, 5.41) is 6.39. The number of hydrogen-bond donors (Lipinski definition) is 0. The highest BCUT2D eigenvalue weighted by Gasteiger charge is 2.24. The van der Waals surface area contributed by atoms with Gasteiger partial charge in [0.25, 0.3) is 0 Å². The molecule has 276 valence electrons. The molecular weight excluding hydrogens is 689 g/mol. The molecule has 0 N–H and O–H groups in total. The number of para-hydroxylation sites is 1. The third kappa shape index (κ3) is 6.04. The summed E-state index contributed by atoms with van der Waals surface area (Å²) >= 11 is 0. The summed E-state index contributed by atoms with van der Waals surface area (Å²) in [6.45, 7) is 6.98. The summed E-state index contributed by atoms with van der Waals surface area (Å²) < 4.78 is 2.61. The van der Waals surface area contributed by atoms with Gasteiger partial charge in [-0.05, 0) is 129 Å². The molecule has 2 heteroatoms. The van der Waals surface area contributed by atoms with Crippen molar-refractivity contribution in [2.45, 2.75) is 39.7 Å². The highest BCUT2D eigenvalue weighted by Crippen LogP contribution is 2.46. The van der Waals surface area contributed by atoms with E-state index in [1.807, 2.05) is 0 Å². The van der Waals surface area contributed by atoms with E-state index in [1.54, 1.807) is 0 Å². The summed E-state index contributed by atoms with van der Waals surface area (Å²) in [5.74, 6) is 0.543. The Morgan fingerprint density at radius 2 is 1.07 bits per heavy atom. The molecule has 0 fully saturated rings. The smallest absolute Gasteiger partial charge is 0.0492 e. The van der Waals surface area contributed by atoms with Crippen LogP contribution >= 0.6 is 0 Å². The Kier molecular flexibility index (Phi) is 8.83. The quantitative estimate of drug-likeness (QED) is 0.141. The van der Waals surface area contributed by atoms with Crippen LogP contribution in [0.15, 0.2) is 182 Å². The summed E-state index contributed by atoms with van der Waals surface area (Å²) in [4.78, 5) is 2.40. The maximum Gasteiger partial charge on any atom is 0.0492 e. The lowest BCUT2D eigenvalue weighted by Gasteiger charge is -2.26. The number of fused-ring (bicyclic) bond motifs is 5. The predicted molar refractivity (Wildman–Crippen MR) is 245 cm³/mol. The second kappa shape index (κ2) is 14.5. The van der Waals surface area contributed by atoms with Crippen molar-refractivity contribution in [3.8, 4) is 33.4 Å². The number of rotatable bonds is 8. The zero-order valence-electron chi connectivity index (χ0n) is 32.9. The van der Waals surface area contributed by atoms with Gasteiger partial charge in [0, 0.05) is 45.3 Å². The van der Waals surface area contributed by atoms with Crippen molar-refractivity contribution >= 4 is 55.6 Å². The van der Waals surface area contributed by atoms with Crippen LogP contribution in [0.5, 0.6) is 0 Å². The summed E-state index contributed by atoms with van der Waals surface area (Å²) in [5.41, 5.74) is 15.0. The van der Waals surface area contributed by atoms with Gasteiger partial charge in [0.05, 0.1) is 0 Å². The lowest BCUT2D eigenvalue weighted by molar-refractivity contribution is 0.515. The Labute approximate surface area is 336 Å². The minimum absolute atomic E-state index is 0.445. The molecule has 0 radical (unpaired) electrons. The Balaban J connectivity index is 1.11. The van der Waals surface area contributed by atoms with E-state index in [2.05, 4.69) is 218 Å². The van der Waals surface area contributed by atoms with Crippen molar-refractivity contribution in [1.29, 1.82) is 0 Å². The number of nitrogens with zero attached hydrogens (tertiary/aromatic N) is 2. The molecular formula is C55H46N2. The molecule has 1 aliphatic rings. The molecule has 0 bridgehead atoms. The monoisotopic (exact) mass is 734 g/mol. The van der Waals surface area contributed by atoms with E-state index in [1.165, 1.54) is 77.1 Å². The molecule has 1 aliphatic carbocycles. The second-order valence-corrected chi connectivity index (χ2v) is 15.7. The Morgan fingerprint density at radius 1 is 0.526 bits per heavy atom. The van der Waals surface area contributed by atoms with Gasteiger partial charge in [-0.15, -0.1) is 0 Å². The molecule has 2 unspecified atom stereocenters. The average Bonchev–Trinajstić information content (AvgIpc) is 3.59. The van der Waals surface area contributed by atoms with Gasteiger partial charge in [-0.25, -0.2) is 0 Å². The maximum atomic E-state index is 2.61. The van der Waals surface area contributed by atoms with Crippen molar-refractivity contribution in [3.63, 3.8) is 0 Å². The van der Waals surface area contributed by atoms with Crippen LogP contribution < -0.4 is 4.90 Å². The van der Waals surface area contributed by atoms with E-state index in [9.17, 15) is 0 Å². The van der Waals surface area contributed by atoms with Crippen LogP contribution in [0.3, 0.4) is 0 Å². The van der Waals surface area contributed by atoms with Crippen molar-refractivity contribution < 1.29 is 0 Å². The molecule has 57 heavy (non-hydrogen) atoms. The number of allylic oxidation sites excluding steroid dienone is 1. The van der Waals surface area contributed by atoms with E-state index in [0.29, 0.717) is 12.0 Å². The molecule has 10 rings (SSSR count). The summed E-state index contributed by atoms with van der Waals surface area (Å²) in [6.07, 6.45) is 6.93. The van der Waals surface area contributed by atoms with Crippen LogP contribution in [-0.4, -0.2) is 4.57 Å². The lowest BCUT2D eigenvalue weighted by Crippen LogP contribution is -2.12. The summed E-state index contributed by atoms with van der Waals surface area (Å²) in [6, 6.07) is 65.1. The molecule has 2 atom stereocenters. The average molecular weight is 735 g/mol. The Hall–Kier alpha value is -6.64. The zero-order chi connectivity index (χ0) is 38.5. The SMILES string of the molecule is CCC(C)n1c2c(c3cc(N(c4ccccc4)c4ccc(-c5ccc6c(-c7ccccc7)c7ccccc7c(-c7ccccc7)c6c5)cc4)ccc31)C=CC(C)C2. The van der Waals surface area contributed by atoms with Gasteiger partial charge in [-0.3, -0.25) is 0 Å². The standard InChI is InChI=1S/C55H46N2/c1-4-38(3)56-52-33-30-45(36-50(52)46-31-24-37(2)34-53(46)56)57(43-20-12-7-13-21-43)44-28-25-39(26-29-44)42-27-32-49-51(35-42)55(41-18-10-6-11-19-41)48-23-15-14-22-47(48)54(49)40-16-8-5-9-17-40/h5-33,35-38H,4,34H2,1-3H3. The van der Waals surface area contributed by atoms with Gasteiger partial charge in [0.2, 0.25) is 0 Å². The third-order valence-corrected chi connectivity index (χ3v) is 12.2. The van der Waals surface area contributed by atoms with Gasteiger partial charge in [0.1, 0.15) is 0 Å². The largest absolute Gasteiger partial charge is 0.341 e. The van der Waals surface area contributed by atoms with E-state index < -0.39 is 0 Å². The molecule has 1 aromatic heterocycles. The van der Waals surface area contributed by atoms with Gasteiger partial charge in [0.15, 0.2) is 0 Å². The molecule has 9 aromatic rings. The fourth-order valence-corrected chi connectivity index (χ4v) is 9.25. The molecule has 0 saturated carbocycles. The van der Waals surface area contributed by atoms with E-state index >= 15 is 0 Å². The van der Waals surface area contributed by atoms with Gasteiger partial charge in [-0.2, -0.15) is 0 Å². The Morgan fingerprint density at radius 3 is 1.72 bits per heavy atom. The minimum atomic E-state index is 0.445. The molecule has 8 aromatic carbocycles. The van der Waals surface area contributed by atoms with Crippen molar-refractivity contribution in [2.24, 2.45) is 5.92 Å². The lowest BCUT2D eigenvalue weighted by atomic mass is 9.85. The number of hydrogen-bond acceptors (Lipinski definition) is 1. The molecule has 1 heterocycles. The normalized spacial score (nSPS) is 14.3. The number of aromatic nitrogens is 1. The van der Waals surface area contributed by atoms with Crippen molar-refractivity contribution in [3.05, 3.63) is 193 Å². The zero-order valence-corrected chi connectivity index (χ0v) is 32.9. The van der Waals surface area contributed by atoms with Crippen molar-refractivity contribution in [2.75, 3.05) is 4.90 Å². The molecule has 0 spiro atoms. The van der Waals surface area contributed by atoms with Gasteiger partial charge >= 0.3 is 0 Å².